The Hall–Kier alpha value is -0.940. The van der Waals surface area contributed by atoms with Crippen molar-refractivity contribution in [2.45, 2.75) is 0 Å². The van der Waals surface area contributed by atoms with Crippen molar-refractivity contribution in [1.29, 1.82) is 0 Å². The first-order chi connectivity index (χ1) is 5.77. The molecule has 12 heavy (non-hydrogen) atoms. The molecule has 4 nitrogen and oxygen atoms in total. The summed E-state index contributed by atoms with van der Waals surface area (Å²) in [7, 11) is 1.82. The summed E-state index contributed by atoms with van der Waals surface area (Å²) in [6.07, 6.45) is 0.723. The first-order valence-electron chi connectivity index (χ1n) is 3.50. The summed E-state index contributed by atoms with van der Waals surface area (Å²) in [5.74, 6) is 0.733. The molecule has 1 aromatic heterocycles. The molecule has 0 unspecified atom stereocenters. The van der Waals surface area contributed by atoms with Crippen LogP contribution in [0.1, 0.15) is 9.80 Å². The minimum atomic E-state index is 0.0877. The van der Waals surface area contributed by atoms with Crippen molar-refractivity contribution < 1.29 is 9.90 Å². The number of carbonyl (C=O) groups excluding carboxylic acids is 1. The molecule has 66 valence electrons. The van der Waals surface area contributed by atoms with E-state index >= 15 is 0 Å². The molecule has 1 N–H and O–H groups in total. The van der Waals surface area contributed by atoms with E-state index in [0.29, 0.717) is 11.6 Å². The molecule has 0 saturated heterocycles. The zero-order valence-electron chi connectivity index (χ0n) is 6.73. The van der Waals surface area contributed by atoms with Gasteiger partial charge in [-0.2, -0.15) is 0 Å². The Morgan fingerprint density at radius 2 is 2.58 bits per heavy atom. The normalized spacial score (nSPS) is 9.83. The first-order valence-corrected chi connectivity index (χ1v) is 4.38. The van der Waals surface area contributed by atoms with E-state index in [-0.39, 0.29) is 6.61 Å². The highest BCUT2D eigenvalue weighted by Gasteiger charge is 2.04. The van der Waals surface area contributed by atoms with Crippen LogP contribution in [0.15, 0.2) is 5.38 Å². The smallest absolute Gasteiger partial charge is 0.178 e. The van der Waals surface area contributed by atoms with Gasteiger partial charge in [0.15, 0.2) is 11.3 Å². The third-order valence-electron chi connectivity index (χ3n) is 1.44. The van der Waals surface area contributed by atoms with E-state index in [2.05, 4.69) is 4.98 Å². The van der Waals surface area contributed by atoms with Crippen molar-refractivity contribution in [3.05, 3.63) is 10.4 Å². The summed E-state index contributed by atoms with van der Waals surface area (Å²) >= 11 is 1.30. The Kier molecular flexibility index (Phi) is 3.19. The van der Waals surface area contributed by atoms with Crippen LogP contribution in [-0.4, -0.2) is 36.6 Å². The summed E-state index contributed by atoms with van der Waals surface area (Å²) in [5.41, 5.74) is 0. The molecule has 0 aliphatic carbocycles. The van der Waals surface area contributed by atoms with Crippen molar-refractivity contribution in [2.24, 2.45) is 0 Å². The van der Waals surface area contributed by atoms with Gasteiger partial charge in [0.05, 0.1) is 6.61 Å². The third-order valence-corrected chi connectivity index (χ3v) is 2.19. The topological polar surface area (TPSA) is 53.4 Å². The van der Waals surface area contributed by atoms with E-state index in [1.807, 2.05) is 7.05 Å². The first kappa shape index (κ1) is 9.15. The molecule has 0 bridgehead atoms. The van der Waals surface area contributed by atoms with Crippen molar-refractivity contribution >= 4 is 23.4 Å². The monoisotopic (exact) mass is 186 g/mol. The second kappa shape index (κ2) is 4.18. The fourth-order valence-corrected chi connectivity index (χ4v) is 1.43. The van der Waals surface area contributed by atoms with Gasteiger partial charge in [-0.3, -0.25) is 4.79 Å². The molecular weight excluding hydrogens is 176 g/mol. The standard InChI is InChI=1S/C7H10N2O2S/c1-9(2-3-10)6-5-12-7(4-11)8-6/h4-5,10H,2-3H2,1H3. The van der Waals surface area contributed by atoms with E-state index in [9.17, 15) is 4.79 Å². The van der Waals surface area contributed by atoms with Crippen LogP contribution < -0.4 is 4.90 Å². The number of thiazole rings is 1. The molecule has 0 atom stereocenters. The molecule has 5 heteroatoms. The number of hydrogen-bond acceptors (Lipinski definition) is 5. The van der Waals surface area contributed by atoms with Crippen LogP contribution in [0, 0.1) is 0 Å². The lowest BCUT2D eigenvalue weighted by molar-refractivity contribution is 0.112. The number of hydrogen-bond donors (Lipinski definition) is 1. The van der Waals surface area contributed by atoms with Gasteiger partial charge in [-0.05, 0) is 0 Å². The summed E-state index contributed by atoms with van der Waals surface area (Å²) in [6.45, 7) is 0.618. The van der Waals surface area contributed by atoms with Gasteiger partial charge in [-0.1, -0.05) is 0 Å². The van der Waals surface area contributed by atoms with Crippen molar-refractivity contribution in [3.63, 3.8) is 0 Å². The number of aliphatic hydroxyl groups excluding tert-OH is 1. The highest BCUT2D eigenvalue weighted by molar-refractivity contribution is 7.11. The van der Waals surface area contributed by atoms with E-state index in [1.165, 1.54) is 11.3 Å². The molecule has 0 fully saturated rings. The van der Waals surface area contributed by atoms with E-state index < -0.39 is 0 Å². The van der Waals surface area contributed by atoms with Crippen LogP contribution in [0.3, 0.4) is 0 Å². The molecule has 0 spiro atoms. The minimum Gasteiger partial charge on any atom is -0.395 e. The van der Waals surface area contributed by atoms with Gasteiger partial charge in [-0.15, -0.1) is 11.3 Å². The minimum absolute atomic E-state index is 0.0877. The van der Waals surface area contributed by atoms with Crippen LogP contribution in [0.2, 0.25) is 0 Å². The zero-order valence-corrected chi connectivity index (χ0v) is 7.54. The van der Waals surface area contributed by atoms with E-state index in [4.69, 9.17) is 5.11 Å². The molecule has 1 aromatic rings. The molecule has 0 amide bonds. The molecule has 1 heterocycles. The molecule has 0 radical (unpaired) electrons. The van der Waals surface area contributed by atoms with Crippen LogP contribution in [-0.2, 0) is 0 Å². The number of nitrogens with zero attached hydrogens (tertiary/aromatic N) is 2. The molecule has 0 aromatic carbocycles. The van der Waals surface area contributed by atoms with Gasteiger partial charge in [-0.25, -0.2) is 4.98 Å². The fraction of sp³-hybridized carbons (Fsp3) is 0.429. The van der Waals surface area contributed by atoms with Gasteiger partial charge in [0, 0.05) is 19.0 Å². The Labute approximate surface area is 74.5 Å². The van der Waals surface area contributed by atoms with E-state index in [0.717, 1.165) is 12.1 Å². The number of aliphatic hydroxyl groups is 1. The SMILES string of the molecule is CN(CCO)c1csc(C=O)n1. The van der Waals surface area contributed by atoms with Crippen molar-refractivity contribution in [1.82, 2.24) is 4.98 Å². The highest BCUT2D eigenvalue weighted by Crippen LogP contribution is 2.15. The van der Waals surface area contributed by atoms with Crippen LogP contribution in [0.5, 0.6) is 0 Å². The molecular formula is C7H10N2O2S. The lowest BCUT2D eigenvalue weighted by Gasteiger charge is -2.13. The summed E-state index contributed by atoms with van der Waals surface area (Å²) in [5, 5.41) is 10.9. The largest absolute Gasteiger partial charge is 0.395 e. The highest BCUT2D eigenvalue weighted by atomic mass is 32.1. The number of aromatic nitrogens is 1. The number of rotatable bonds is 4. The van der Waals surface area contributed by atoms with Gasteiger partial charge >= 0.3 is 0 Å². The predicted molar refractivity (Wildman–Crippen MR) is 47.9 cm³/mol. The maximum Gasteiger partial charge on any atom is 0.178 e. The second-order valence-electron chi connectivity index (χ2n) is 2.31. The second-order valence-corrected chi connectivity index (χ2v) is 3.20. The number of likely N-dealkylation sites (N-methyl/N-ethyl adjacent to an activating group) is 1. The summed E-state index contributed by atoms with van der Waals surface area (Å²) in [6, 6.07) is 0. The van der Waals surface area contributed by atoms with Gasteiger partial charge in [0.25, 0.3) is 0 Å². The van der Waals surface area contributed by atoms with Gasteiger partial charge < -0.3 is 10.0 Å². The summed E-state index contributed by atoms with van der Waals surface area (Å²) < 4.78 is 0. The molecule has 1 rings (SSSR count). The van der Waals surface area contributed by atoms with Crippen LogP contribution in [0.25, 0.3) is 0 Å². The van der Waals surface area contributed by atoms with Gasteiger partial charge in [0.2, 0.25) is 0 Å². The predicted octanol–water partition coefficient (Wildman–Crippen LogP) is 0.384. The Bertz CT molecular complexity index is 262. The van der Waals surface area contributed by atoms with Gasteiger partial charge in [0.1, 0.15) is 5.82 Å². The number of aldehydes is 1. The quantitative estimate of drug-likeness (QED) is 0.691. The lowest BCUT2D eigenvalue weighted by atomic mass is 10.5. The maximum absolute atomic E-state index is 10.3. The summed E-state index contributed by atoms with van der Waals surface area (Å²) in [4.78, 5) is 16.1. The van der Waals surface area contributed by atoms with Crippen LogP contribution in [0.4, 0.5) is 5.82 Å². The Balaban J connectivity index is 2.67. The third kappa shape index (κ3) is 2.02. The Morgan fingerprint density at radius 1 is 1.83 bits per heavy atom. The van der Waals surface area contributed by atoms with Crippen LogP contribution >= 0.6 is 11.3 Å². The lowest BCUT2D eigenvalue weighted by Crippen LogP contribution is -2.21. The average Bonchev–Trinajstić information content (AvgIpc) is 2.52. The number of carbonyl (C=O) groups is 1. The molecule has 0 aliphatic rings. The maximum atomic E-state index is 10.3. The average molecular weight is 186 g/mol. The van der Waals surface area contributed by atoms with Crippen molar-refractivity contribution in [3.8, 4) is 0 Å². The number of anilines is 1. The molecule has 0 aliphatic heterocycles. The van der Waals surface area contributed by atoms with E-state index in [1.54, 1.807) is 10.3 Å². The van der Waals surface area contributed by atoms with Crippen molar-refractivity contribution in [2.75, 3.05) is 25.1 Å². The Morgan fingerprint density at radius 3 is 3.08 bits per heavy atom. The molecule has 0 saturated carbocycles. The zero-order chi connectivity index (χ0) is 8.97. The fourth-order valence-electron chi connectivity index (χ4n) is 0.773.